The summed E-state index contributed by atoms with van der Waals surface area (Å²) in [5.41, 5.74) is 0.493. The van der Waals surface area contributed by atoms with Crippen molar-refractivity contribution in [1.82, 2.24) is 15.7 Å². The molecule has 3 N–H and O–H groups in total. The molecular weight excluding hydrogens is 553 g/mol. The van der Waals surface area contributed by atoms with Crippen molar-refractivity contribution in [3.05, 3.63) is 36.1 Å². The predicted octanol–water partition coefficient (Wildman–Crippen LogP) is 4.47. The number of hydrogen-bond donors (Lipinski definition) is 3. The molecule has 0 unspecified atom stereocenters. The molecule has 0 aliphatic heterocycles. The molecule has 2 rings (SSSR count). The smallest absolute Gasteiger partial charge is 0.360 e. The van der Waals surface area contributed by atoms with Crippen molar-refractivity contribution in [3.8, 4) is 17.1 Å². The number of hydroxylamine groups is 2. The van der Waals surface area contributed by atoms with E-state index in [-0.39, 0.29) is 23.6 Å². The number of unbranched alkanes of at least 4 members (excludes halogenated alkanes) is 3. The molecule has 0 aliphatic carbocycles. The van der Waals surface area contributed by atoms with E-state index < -0.39 is 25.5 Å². The Morgan fingerprint density at radius 1 is 1.07 bits per heavy atom. The number of nitrogens with zero attached hydrogens (tertiary/aromatic N) is 1. The second-order valence-corrected chi connectivity index (χ2v) is 11.6. The molecule has 12 nitrogen and oxygen atoms in total. The lowest BCUT2D eigenvalue weighted by atomic mass is 9.90. The first-order valence-electron chi connectivity index (χ1n) is 13.8. The summed E-state index contributed by atoms with van der Waals surface area (Å²) in [5.74, 6) is -0.859. The highest BCUT2D eigenvalue weighted by atomic mass is 31.2. The summed E-state index contributed by atoms with van der Waals surface area (Å²) in [6, 6.07) is 7.19. The largest absolute Gasteiger partial charge is 0.494 e. The zero-order chi connectivity index (χ0) is 30.4. The first kappa shape index (κ1) is 34.0. The van der Waals surface area contributed by atoms with Gasteiger partial charge in [-0.2, -0.15) is 0 Å². The number of nitrogens with one attached hydrogen (secondary N) is 2. The number of amides is 3. The predicted molar refractivity (Wildman–Crippen MR) is 153 cm³/mol. The number of ether oxygens (including phenoxy) is 1. The third kappa shape index (κ3) is 9.43. The molecule has 228 valence electrons. The summed E-state index contributed by atoms with van der Waals surface area (Å²) in [7, 11) is -1.02. The van der Waals surface area contributed by atoms with E-state index in [0.717, 1.165) is 25.7 Å². The van der Waals surface area contributed by atoms with Gasteiger partial charge in [0.05, 0.1) is 30.5 Å². The fourth-order valence-corrected chi connectivity index (χ4v) is 5.64. The average Bonchev–Trinajstić information content (AvgIpc) is 3.48. The lowest BCUT2D eigenvalue weighted by molar-refractivity contribution is -0.168. The molecule has 0 spiro atoms. The minimum atomic E-state index is -3.58. The molecule has 2 aromatic rings. The first-order valence-corrected chi connectivity index (χ1v) is 15.3. The molecule has 2 atom stereocenters. The SMILES string of the molecule is CCCCCC[C@@H](C(=O)NCNC(=O)c1ccc(-c2cc(OCC)cc(P(=O)(OC)OC)c2)o1)[C@@H](CC)N(O)C=O. The molecule has 0 aliphatic rings. The maximum atomic E-state index is 13.0. The Balaban J connectivity index is 2.12. The van der Waals surface area contributed by atoms with Gasteiger partial charge in [-0.1, -0.05) is 39.5 Å². The first-order chi connectivity index (χ1) is 19.7. The summed E-state index contributed by atoms with van der Waals surface area (Å²) in [6.07, 6.45) is 4.95. The van der Waals surface area contributed by atoms with Gasteiger partial charge in [-0.05, 0) is 50.1 Å². The van der Waals surface area contributed by atoms with Crippen LogP contribution in [-0.2, 0) is 23.2 Å². The summed E-state index contributed by atoms with van der Waals surface area (Å²) in [6.45, 7) is 5.87. The summed E-state index contributed by atoms with van der Waals surface area (Å²) >= 11 is 0. The van der Waals surface area contributed by atoms with Crippen LogP contribution in [0, 0.1) is 5.92 Å². The third-order valence-corrected chi connectivity index (χ3v) is 8.51. The highest BCUT2D eigenvalue weighted by molar-refractivity contribution is 7.62. The monoisotopic (exact) mass is 595 g/mol. The second kappa shape index (κ2) is 16.9. The van der Waals surface area contributed by atoms with Gasteiger partial charge < -0.3 is 28.8 Å². The molecule has 0 fully saturated rings. The van der Waals surface area contributed by atoms with Gasteiger partial charge >= 0.3 is 7.60 Å². The Hall–Kier alpha value is -3.18. The van der Waals surface area contributed by atoms with Gasteiger partial charge in [-0.25, -0.2) is 5.06 Å². The molecule has 3 amide bonds. The lowest BCUT2D eigenvalue weighted by Gasteiger charge is -2.29. The molecule has 1 aromatic carbocycles. The van der Waals surface area contributed by atoms with E-state index >= 15 is 0 Å². The topological polar surface area (TPSA) is 157 Å². The Labute approximate surface area is 241 Å². The van der Waals surface area contributed by atoms with Crippen LogP contribution in [0.2, 0.25) is 0 Å². The molecule has 41 heavy (non-hydrogen) atoms. The normalized spacial score (nSPS) is 12.8. The highest BCUT2D eigenvalue weighted by Crippen LogP contribution is 2.46. The van der Waals surface area contributed by atoms with E-state index in [1.807, 2.05) is 6.92 Å². The van der Waals surface area contributed by atoms with Crippen LogP contribution in [-0.4, -0.2) is 62.0 Å². The Bertz CT molecular complexity index is 1180. The molecule has 1 heterocycles. The van der Waals surface area contributed by atoms with Gasteiger partial charge in [0.1, 0.15) is 11.5 Å². The molecular formula is C28H42N3O9P. The van der Waals surface area contributed by atoms with E-state index in [1.54, 1.807) is 31.2 Å². The van der Waals surface area contributed by atoms with Crippen LogP contribution < -0.4 is 20.7 Å². The molecule has 0 saturated heterocycles. The number of carbonyl (C=O) groups is 3. The zero-order valence-electron chi connectivity index (χ0n) is 24.4. The van der Waals surface area contributed by atoms with Crippen LogP contribution in [0.15, 0.2) is 34.7 Å². The number of carbonyl (C=O) groups excluding carboxylic acids is 3. The van der Waals surface area contributed by atoms with E-state index in [9.17, 15) is 24.2 Å². The van der Waals surface area contributed by atoms with Gasteiger partial charge in [0.15, 0.2) is 5.76 Å². The van der Waals surface area contributed by atoms with Crippen molar-refractivity contribution >= 4 is 31.1 Å². The number of rotatable bonds is 19. The Kier molecular flexibility index (Phi) is 14.1. The highest BCUT2D eigenvalue weighted by Gasteiger charge is 2.31. The van der Waals surface area contributed by atoms with Crippen molar-refractivity contribution in [2.75, 3.05) is 27.5 Å². The maximum absolute atomic E-state index is 13.0. The quantitative estimate of drug-likeness (QED) is 0.0532. The summed E-state index contributed by atoms with van der Waals surface area (Å²) in [5, 5.41) is 16.1. The average molecular weight is 596 g/mol. The lowest BCUT2D eigenvalue weighted by Crippen LogP contribution is -2.47. The molecule has 0 radical (unpaired) electrons. The summed E-state index contributed by atoms with van der Waals surface area (Å²) in [4.78, 5) is 36.9. The standard InChI is InChI=1S/C28H42N3O9P/c1-6-9-10-11-12-23(24(7-2)31(35)19-32)27(33)29-18-30-28(34)26-14-13-25(40-26)20-15-21(39-8-3)17-22(16-20)41(36,37-4)38-5/h13-17,19,23-24,35H,6-12,18H2,1-5H3,(H,29,33)(H,30,34)/t23-,24-/m1/s1. The number of hydrogen-bond acceptors (Lipinski definition) is 9. The van der Waals surface area contributed by atoms with Gasteiger partial charge in [0.2, 0.25) is 12.3 Å². The van der Waals surface area contributed by atoms with Crippen molar-refractivity contribution in [2.45, 2.75) is 65.3 Å². The van der Waals surface area contributed by atoms with Gasteiger partial charge in [-0.15, -0.1) is 0 Å². The Morgan fingerprint density at radius 3 is 2.41 bits per heavy atom. The zero-order valence-corrected chi connectivity index (χ0v) is 25.3. The van der Waals surface area contributed by atoms with Crippen LogP contribution >= 0.6 is 7.60 Å². The summed E-state index contributed by atoms with van der Waals surface area (Å²) < 4.78 is 34.5. The Morgan fingerprint density at radius 2 is 1.80 bits per heavy atom. The van der Waals surface area contributed by atoms with Crippen LogP contribution in [0.4, 0.5) is 0 Å². The molecule has 1 aromatic heterocycles. The number of furan rings is 1. The molecule has 0 bridgehead atoms. The minimum absolute atomic E-state index is 0.00989. The third-order valence-electron chi connectivity index (χ3n) is 6.66. The van der Waals surface area contributed by atoms with Crippen molar-refractivity contribution < 1.29 is 42.4 Å². The van der Waals surface area contributed by atoms with Gasteiger partial charge in [-0.3, -0.25) is 24.2 Å². The van der Waals surface area contributed by atoms with E-state index in [0.29, 0.717) is 48.0 Å². The van der Waals surface area contributed by atoms with Crippen LogP contribution in [0.1, 0.15) is 69.9 Å². The van der Waals surface area contributed by atoms with Crippen LogP contribution in [0.5, 0.6) is 5.75 Å². The van der Waals surface area contributed by atoms with Crippen molar-refractivity contribution in [2.24, 2.45) is 5.92 Å². The van der Waals surface area contributed by atoms with Crippen LogP contribution in [0.3, 0.4) is 0 Å². The van der Waals surface area contributed by atoms with E-state index in [2.05, 4.69) is 17.6 Å². The molecule has 13 heteroatoms. The number of benzene rings is 1. The van der Waals surface area contributed by atoms with Crippen molar-refractivity contribution in [3.63, 3.8) is 0 Å². The fourth-order valence-electron chi connectivity index (χ4n) is 4.49. The van der Waals surface area contributed by atoms with E-state index in [1.165, 1.54) is 20.3 Å². The second-order valence-electron chi connectivity index (χ2n) is 9.32. The van der Waals surface area contributed by atoms with Crippen LogP contribution in [0.25, 0.3) is 11.3 Å². The van der Waals surface area contributed by atoms with Crippen molar-refractivity contribution in [1.29, 1.82) is 0 Å². The maximum Gasteiger partial charge on any atom is 0.360 e. The van der Waals surface area contributed by atoms with Gasteiger partial charge in [0.25, 0.3) is 5.91 Å². The fraction of sp³-hybridized carbons (Fsp3) is 0.536. The molecule has 0 saturated carbocycles. The minimum Gasteiger partial charge on any atom is -0.494 e. The van der Waals surface area contributed by atoms with Gasteiger partial charge in [0, 0.05) is 19.8 Å². The van der Waals surface area contributed by atoms with E-state index in [4.69, 9.17) is 18.2 Å².